The molecule has 0 atom stereocenters. The standard InChI is InChI=1S/C19H22O5/c1-3-21-17-10-5-6-11-18(17)24-13-12-23-16-9-7-8-15(14-16)19(20)22-4-2/h5-11,14H,3-4,12-13H2,1-2H3. The second-order valence-electron chi connectivity index (χ2n) is 4.82. The summed E-state index contributed by atoms with van der Waals surface area (Å²) >= 11 is 0. The van der Waals surface area contributed by atoms with Crippen LogP contribution in [-0.2, 0) is 4.74 Å². The van der Waals surface area contributed by atoms with Crippen molar-refractivity contribution in [2.75, 3.05) is 26.4 Å². The van der Waals surface area contributed by atoms with Gasteiger partial charge in [-0.05, 0) is 44.2 Å². The topological polar surface area (TPSA) is 54.0 Å². The Balaban J connectivity index is 1.84. The minimum Gasteiger partial charge on any atom is -0.490 e. The first-order chi connectivity index (χ1) is 11.7. The van der Waals surface area contributed by atoms with Crippen LogP contribution in [0.5, 0.6) is 17.2 Å². The number of esters is 1. The van der Waals surface area contributed by atoms with Gasteiger partial charge in [0, 0.05) is 0 Å². The van der Waals surface area contributed by atoms with Crippen molar-refractivity contribution in [3.8, 4) is 17.2 Å². The molecule has 5 heteroatoms. The molecule has 24 heavy (non-hydrogen) atoms. The van der Waals surface area contributed by atoms with E-state index < -0.39 is 0 Å². The third-order valence-electron chi connectivity index (χ3n) is 3.10. The fourth-order valence-electron chi connectivity index (χ4n) is 2.08. The van der Waals surface area contributed by atoms with Gasteiger partial charge in [0.05, 0.1) is 18.8 Å². The fraction of sp³-hybridized carbons (Fsp3) is 0.316. The molecule has 0 saturated heterocycles. The number of hydrogen-bond acceptors (Lipinski definition) is 5. The van der Waals surface area contributed by atoms with Crippen LogP contribution in [0.1, 0.15) is 24.2 Å². The Morgan fingerprint density at radius 2 is 1.54 bits per heavy atom. The molecule has 0 fully saturated rings. The molecule has 0 saturated carbocycles. The number of benzene rings is 2. The minimum absolute atomic E-state index is 0.344. The predicted octanol–water partition coefficient (Wildman–Crippen LogP) is 3.72. The molecule has 128 valence electrons. The molecule has 0 aliphatic carbocycles. The first-order valence-corrected chi connectivity index (χ1v) is 7.99. The van der Waals surface area contributed by atoms with Crippen molar-refractivity contribution < 1.29 is 23.7 Å². The number of hydrogen-bond donors (Lipinski definition) is 0. The van der Waals surface area contributed by atoms with E-state index in [0.29, 0.717) is 49.2 Å². The Kier molecular flexibility index (Phi) is 6.95. The maximum Gasteiger partial charge on any atom is 0.338 e. The summed E-state index contributed by atoms with van der Waals surface area (Å²) in [7, 11) is 0. The van der Waals surface area contributed by atoms with Gasteiger partial charge in [-0.2, -0.15) is 0 Å². The zero-order valence-electron chi connectivity index (χ0n) is 14.0. The average molecular weight is 330 g/mol. The Bertz CT molecular complexity index is 654. The van der Waals surface area contributed by atoms with Crippen LogP contribution in [-0.4, -0.2) is 32.4 Å². The van der Waals surface area contributed by atoms with Crippen molar-refractivity contribution in [3.63, 3.8) is 0 Å². The molecule has 0 unspecified atom stereocenters. The molecule has 0 aromatic heterocycles. The molecule has 0 radical (unpaired) electrons. The molecular weight excluding hydrogens is 308 g/mol. The number of carbonyl (C=O) groups is 1. The lowest BCUT2D eigenvalue weighted by Gasteiger charge is -2.12. The van der Waals surface area contributed by atoms with Gasteiger partial charge in [-0.15, -0.1) is 0 Å². The van der Waals surface area contributed by atoms with Gasteiger partial charge in [-0.25, -0.2) is 4.79 Å². The summed E-state index contributed by atoms with van der Waals surface area (Å²) in [5.74, 6) is 1.64. The summed E-state index contributed by atoms with van der Waals surface area (Å²) in [5, 5.41) is 0. The van der Waals surface area contributed by atoms with E-state index in [2.05, 4.69) is 0 Å². The molecule has 2 rings (SSSR count). The van der Waals surface area contributed by atoms with Crippen LogP contribution in [0.4, 0.5) is 0 Å². The average Bonchev–Trinajstić information content (AvgIpc) is 2.61. The number of ether oxygens (including phenoxy) is 4. The SMILES string of the molecule is CCOC(=O)c1cccc(OCCOc2ccccc2OCC)c1. The predicted molar refractivity (Wildman–Crippen MR) is 91.0 cm³/mol. The summed E-state index contributed by atoms with van der Waals surface area (Å²) in [6.45, 7) is 5.35. The van der Waals surface area contributed by atoms with Crippen LogP contribution in [0.25, 0.3) is 0 Å². The maximum absolute atomic E-state index is 11.7. The largest absolute Gasteiger partial charge is 0.490 e. The van der Waals surface area contributed by atoms with Crippen LogP contribution < -0.4 is 14.2 Å². The van der Waals surface area contributed by atoms with Crippen LogP contribution in [0.15, 0.2) is 48.5 Å². The monoisotopic (exact) mass is 330 g/mol. The van der Waals surface area contributed by atoms with Gasteiger partial charge < -0.3 is 18.9 Å². The van der Waals surface area contributed by atoms with Crippen molar-refractivity contribution in [3.05, 3.63) is 54.1 Å². The van der Waals surface area contributed by atoms with Gasteiger partial charge in [0.25, 0.3) is 0 Å². The van der Waals surface area contributed by atoms with Gasteiger partial charge in [-0.3, -0.25) is 0 Å². The first-order valence-electron chi connectivity index (χ1n) is 7.99. The molecule has 0 heterocycles. The van der Waals surface area contributed by atoms with Crippen LogP contribution in [0.2, 0.25) is 0 Å². The van der Waals surface area contributed by atoms with Gasteiger partial charge in [0.1, 0.15) is 19.0 Å². The summed E-state index contributed by atoms with van der Waals surface area (Å²) < 4.78 is 21.8. The van der Waals surface area contributed by atoms with E-state index in [1.807, 2.05) is 31.2 Å². The molecule has 2 aromatic carbocycles. The van der Waals surface area contributed by atoms with E-state index in [0.717, 1.165) is 0 Å². The third-order valence-corrected chi connectivity index (χ3v) is 3.10. The molecule has 0 aliphatic rings. The second-order valence-corrected chi connectivity index (χ2v) is 4.82. The Morgan fingerprint density at radius 1 is 0.833 bits per heavy atom. The Hall–Kier alpha value is -2.69. The van der Waals surface area contributed by atoms with Crippen molar-refractivity contribution in [2.24, 2.45) is 0 Å². The van der Waals surface area contributed by atoms with E-state index in [4.69, 9.17) is 18.9 Å². The highest BCUT2D eigenvalue weighted by Gasteiger charge is 2.07. The first kappa shape index (κ1) is 17.7. The van der Waals surface area contributed by atoms with Crippen molar-refractivity contribution in [1.29, 1.82) is 0 Å². The third kappa shape index (κ3) is 5.19. The van der Waals surface area contributed by atoms with E-state index in [1.165, 1.54) is 0 Å². The molecule has 0 N–H and O–H groups in total. The fourth-order valence-corrected chi connectivity index (χ4v) is 2.08. The van der Waals surface area contributed by atoms with Gasteiger partial charge in [-0.1, -0.05) is 18.2 Å². The molecule has 2 aromatic rings. The highest BCUT2D eigenvalue weighted by molar-refractivity contribution is 5.89. The lowest BCUT2D eigenvalue weighted by molar-refractivity contribution is 0.0526. The molecule has 0 aliphatic heterocycles. The molecule has 0 bridgehead atoms. The molecule has 0 spiro atoms. The number of rotatable bonds is 9. The Morgan fingerprint density at radius 3 is 2.25 bits per heavy atom. The van der Waals surface area contributed by atoms with Crippen molar-refractivity contribution in [1.82, 2.24) is 0 Å². The van der Waals surface area contributed by atoms with Crippen LogP contribution >= 0.6 is 0 Å². The van der Waals surface area contributed by atoms with E-state index in [9.17, 15) is 4.79 Å². The molecular formula is C19H22O5. The number of para-hydroxylation sites is 2. The van der Waals surface area contributed by atoms with Crippen molar-refractivity contribution in [2.45, 2.75) is 13.8 Å². The normalized spacial score (nSPS) is 10.1. The lowest BCUT2D eigenvalue weighted by atomic mass is 10.2. The van der Waals surface area contributed by atoms with Gasteiger partial charge >= 0.3 is 5.97 Å². The summed E-state index contributed by atoms with van der Waals surface area (Å²) in [4.78, 5) is 11.7. The van der Waals surface area contributed by atoms with Crippen LogP contribution in [0.3, 0.4) is 0 Å². The lowest BCUT2D eigenvalue weighted by Crippen LogP contribution is -2.10. The zero-order chi connectivity index (χ0) is 17.2. The minimum atomic E-state index is -0.357. The van der Waals surface area contributed by atoms with Crippen molar-refractivity contribution >= 4 is 5.97 Å². The second kappa shape index (κ2) is 9.45. The van der Waals surface area contributed by atoms with Gasteiger partial charge in [0.2, 0.25) is 0 Å². The van der Waals surface area contributed by atoms with Gasteiger partial charge in [0.15, 0.2) is 11.5 Å². The van der Waals surface area contributed by atoms with E-state index in [1.54, 1.807) is 31.2 Å². The summed E-state index contributed by atoms with van der Waals surface area (Å²) in [6, 6.07) is 14.4. The highest BCUT2D eigenvalue weighted by atomic mass is 16.5. The molecule has 5 nitrogen and oxygen atoms in total. The van der Waals surface area contributed by atoms with E-state index in [-0.39, 0.29) is 5.97 Å². The summed E-state index contributed by atoms with van der Waals surface area (Å²) in [5.41, 5.74) is 0.469. The Labute approximate surface area is 142 Å². The zero-order valence-corrected chi connectivity index (χ0v) is 14.0. The maximum atomic E-state index is 11.7. The highest BCUT2D eigenvalue weighted by Crippen LogP contribution is 2.26. The summed E-state index contributed by atoms with van der Waals surface area (Å²) in [6.07, 6.45) is 0. The van der Waals surface area contributed by atoms with E-state index >= 15 is 0 Å². The molecule has 0 amide bonds. The number of carbonyl (C=O) groups excluding carboxylic acids is 1. The smallest absolute Gasteiger partial charge is 0.338 e. The quantitative estimate of drug-likeness (QED) is 0.518. The van der Waals surface area contributed by atoms with Crippen LogP contribution in [0, 0.1) is 0 Å².